The molecule has 0 saturated carbocycles. The van der Waals surface area contributed by atoms with Gasteiger partial charge in [0.05, 0.1) is 0 Å². The number of nitrogens with zero attached hydrogens (tertiary/aromatic N) is 2. The van der Waals surface area contributed by atoms with Crippen LogP contribution in [0.5, 0.6) is 0 Å². The summed E-state index contributed by atoms with van der Waals surface area (Å²) in [5.41, 5.74) is 8.74. The molecule has 1 aliphatic heterocycles. The van der Waals surface area contributed by atoms with Crippen LogP contribution in [0.3, 0.4) is 0 Å². The summed E-state index contributed by atoms with van der Waals surface area (Å²) < 4.78 is 0. The van der Waals surface area contributed by atoms with Gasteiger partial charge in [0.2, 0.25) is 0 Å². The fourth-order valence-electron chi connectivity index (χ4n) is 3.29. The van der Waals surface area contributed by atoms with Gasteiger partial charge in [-0.05, 0) is 25.5 Å². The Morgan fingerprint density at radius 3 is 2.45 bits per heavy atom. The molecule has 1 aromatic carbocycles. The van der Waals surface area contributed by atoms with E-state index in [2.05, 4.69) is 54.8 Å². The Morgan fingerprint density at radius 2 is 1.90 bits per heavy atom. The molecular formula is C17H29N3. The highest BCUT2D eigenvalue weighted by Crippen LogP contribution is 2.24. The van der Waals surface area contributed by atoms with Crippen LogP contribution in [-0.2, 0) is 0 Å². The largest absolute Gasteiger partial charge is 0.329 e. The molecule has 20 heavy (non-hydrogen) atoms. The zero-order valence-corrected chi connectivity index (χ0v) is 13.2. The number of rotatable bonds is 5. The monoisotopic (exact) mass is 275 g/mol. The molecule has 2 rings (SSSR count). The van der Waals surface area contributed by atoms with E-state index in [0.717, 1.165) is 26.2 Å². The molecule has 2 unspecified atom stereocenters. The van der Waals surface area contributed by atoms with Gasteiger partial charge < -0.3 is 5.73 Å². The number of hydrogen-bond donors (Lipinski definition) is 1. The molecule has 1 heterocycles. The van der Waals surface area contributed by atoms with Crippen LogP contribution in [0.4, 0.5) is 0 Å². The molecule has 0 aliphatic carbocycles. The van der Waals surface area contributed by atoms with Gasteiger partial charge in [0.25, 0.3) is 0 Å². The second-order valence-corrected chi connectivity index (χ2v) is 5.85. The maximum absolute atomic E-state index is 6.07. The second-order valence-electron chi connectivity index (χ2n) is 5.85. The summed E-state index contributed by atoms with van der Waals surface area (Å²) in [7, 11) is 0. The molecular weight excluding hydrogens is 246 g/mol. The highest BCUT2D eigenvalue weighted by Gasteiger charge is 2.29. The van der Waals surface area contributed by atoms with Gasteiger partial charge in [-0.3, -0.25) is 9.80 Å². The average molecular weight is 275 g/mol. The van der Waals surface area contributed by atoms with Crippen molar-refractivity contribution in [2.24, 2.45) is 5.73 Å². The van der Waals surface area contributed by atoms with Crippen molar-refractivity contribution in [3.8, 4) is 0 Å². The van der Waals surface area contributed by atoms with Crippen LogP contribution in [0.2, 0.25) is 0 Å². The molecule has 2 atom stereocenters. The Hall–Kier alpha value is -0.900. The number of aryl methyl sites for hydroxylation is 1. The Bertz CT molecular complexity index is 401. The standard InChI is InChI=1S/C17H29N3/c1-4-16-13-20(11-10-19(16)5-2)17(12-18)15-8-6-14(3)7-9-15/h6-9,16-17H,4-5,10-13,18H2,1-3H3. The summed E-state index contributed by atoms with van der Waals surface area (Å²) in [6.45, 7) is 12.0. The van der Waals surface area contributed by atoms with E-state index < -0.39 is 0 Å². The maximum atomic E-state index is 6.07. The summed E-state index contributed by atoms with van der Waals surface area (Å²) >= 11 is 0. The van der Waals surface area contributed by atoms with Crippen LogP contribution in [-0.4, -0.2) is 48.6 Å². The highest BCUT2D eigenvalue weighted by molar-refractivity contribution is 5.24. The molecule has 0 aromatic heterocycles. The minimum absolute atomic E-state index is 0.364. The Kier molecular flexibility index (Phi) is 5.58. The van der Waals surface area contributed by atoms with Crippen LogP contribution in [0.15, 0.2) is 24.3 Å². The summed E-state index contributed by atoms with van der Waals surface area (Å²) in [5, 5.41) is 0. The van der Waals surface area contributed by atoms with Gasteiger partial charge in [-0.1, -0.05) is 43.7 Å². The van der Waals surface area contributed by atoms with Gasteiger partial charge in [0, 0.05) is 38.3 Å². The first-order valence-corrected chi connectivity index (χ1v) is 7.94. The Labute approximate surface area is 123 Å². The molecule has 1 fully saturated rings. The Balaban J connectivity index is 2.10. The van der Waals surface area contributed by atoms with Crippen LogP contribution in [0.1, 0.15) is 37.4 Å². The van der Waals surface area contributed by atoms with E-state index in [4.69, 9.17) is 5.73 Å². The topological polar surface area (TPSA) is 32.5 Å². The lowest BCUT2D eigenvalue weighted by atomic mass is 10.0. The summed E-state index contributed by atoms with van der Waals surface area (Å²) in [5.74, 6) is 0. The highest BCUT2D eigenvalue weighted by atomic mass is 15.3. The van der Waals surface area contributed by atoms with Crippen molar-refractivity contribution in [3.05, 3.63) is 35.4 Å². The molecule has 0 spiro atoms. The van der Waals surface area contributed by atoms with E-state index >= 15 is 0 Å². The lowest BCUT2D eigenvalue weighted by molar-refractivity contribution is 0.0509. The molecule has 3 heteroatoms. The summed E-state index contributed by atoms with van der Waals surface area (Å²) in [6, 6.07) is 9.90. The van der Waals surface area contributed by atoms with Crippen molar-refractivity contribution in [1.29, 1.82) is 0 Å². The minimum Gasteiger partial charge on any atom is -0.329 e. The van der Waals surface area contributed by atoms with Crippen LogP contribution in [0, 0.1) is 6.92 Å². The molecule has 112 valence electrons. The third kappa shape index (κ3) is 3.40. The number of benzene rings is 1. The molecule has 0 amide bonds. The quantitative estimate of drug-likeness (QED) is 0.895. The number of nitrogens with two attached hydrogens (primary N) is 1. The summed E-state index contributed by atoms with van der Waals surface area (Å²) in [4.78, 5) is 5.17. The molecule has 3 nitrogen and oxygen atoms in total. The van der Waals surface area contributed by atoms with Crippen LogP contribution in [0.25, 0.3) is 0 Å². The number of piperazine rings is 1. The zero-order chi connectivity index (χ0) is 14.5. The van der Waals surface area contributed by atoms with Crippen molar-refractivity contribution in [3.63, 3.8) is 0 Å². The first kappa shape index (κ1) is 15.5. The summed E-state index contributed by atoms with van der Waals surface area (Å²) in [6.07, 6.45) is 1.22. The van der Waals surface area contributed by atoms with E-state index in [9.17, 15) is 0 Å². The van der Waals surface area contributed by atoms with Crippen molar-refractivity contribution in [2.45, 2.75) is 39.3 Å². The first-order valence-electron chi connectivity index (χ1n) is 7.94. The molecule has 0 bridgehead atoms. The molecule has 1 aromatic rings. The van der Waals surface area contributed by atoms with Gasteiger partial charge in [-0.2, -0.15) is 0 Å². The number of likely N-dealkylation sites (N-methyl/N-ethyl adjacent to an activating group) is 1. The lowest BCUT2D eigenvalue weighted by Crippen LogP contribution is -2.54. The van der Waals surface area contributed by atoms with E-state index in [1.807, 2.05) is 0 Å². The minimum atomic E-state index is 0.364. The lowest BCUT2D eigenvalue weighted by Gasteiger charge is -2.44. The van der Waals surface area contributed by atoms with Gasteiger partial charge >= 0.3 is 0 Å². The van der Waals surface area contributed by atoms with Crippen molar-refractivity contribution in [1.82, 2.24) is 9.80 Å². The molecule has 0 radical (unpaired) electrons. The van der Waals surface area contributed by atoms with Crippen molar-refractivity contribution in [2.75, 3.05) is 32.7 Å². The molecule has 2 N–H and O–H groups in total. The van der Waals surface area contributed by atoms with Gasteiger partial charge in [-0.25, -0.2) is 0 Å². The fraction of sp³-hybridized carbons (Fsp3) is 0.647. The maximum Gasteiger partial charge on any atom is 0.0471 e. The predicted octanol–water partition coefficient (Wildman–Crippen LogP) is 2.41. The first-order chi connectivity index (χ1) is 9.69. The van der Waals surface area contributed by atoms with Crippen molar-refractivity contribution >= 4 is 0 Å². The molecule has 1 aliphatic rings. The van der Waals surface area contributed by atoms with E-state index in [-0.39, 0.29) is 0 Å². The Morgan fingerprint density at radius 1 is 1.20 bits per heavy atom. The average Bonchev–Trinajstić information content (AvgIpc) is 2.49. The fourth-order valence-corrected chi connectivity index (χ4v) is 3.29. The van der Waals surface area contributed by atoms with E-state index in [1.165, 1.54) is 17.5 Å². The smallest absolute Gasteiger partial charge is 0.0471 e. The number of hydrogen-bond acceptors (Lipinski definition) is 3. The van der Waals surface area contributed by atoms with Gasteiger partial charge in [0.1, 0.15) is 0 Å². The normalized spacial score (nSPS) is 22.9. The van der Waals surface area contributed by atoms with Crippen LogP contribution < -0.4 is 5.73 Å². The molecule has 1 saturated heterocycles. The van der Waals surface area contributed by atoms with E-state index in [1.54, 1.807) is 0 Å². The van der Waals surface area contributed by atoms with E-state index in [0.29, 0.717) is 18.6 Å². The van der Waals surface area contributed by atoms with Crippen LogP contribution >= 0.6 is 0 Å². The van der Waals surface area contributed by atoms with Crippen molar-refractivity contribution < 1.29 is 0 Å². The predicted molar refractivity (Wildman–Crippen MR) is 85.9 cm³/mol. The zero-order valence-electron chi connectivity index (χ0n) is 13.2. The van der Waals surface area contributed by atoms with Gasteiger partial charge in [-0.15, -0.1) is 0 Å². The van der Waals surface area contributed by atoms with Gasteiger partial charge in [0.15, 0.2) is 0 Å². The third-order valence-electron chi connectivity index (χ3n) is 4.64. The second kappa shape index (κ2) is 7.21. The SMILES string of the molecule is CCC1CN(C(CN)c2ccc(C)cc2)CCN1CC. The third-order valence-corrected chi connectivity index (χ3v) is 4.64.